The number of nitrogens with one attached hydrogen (secondary N) is 1. The number of carbonyl (C=O) groups is 1. The van der Waals surface area contributed by atoms with Gasteiger partial charge in [-0.2, -0.15) is 0 Å². The van der Waals surface area contributed by atoms with Crippen molar-refractivity contribution in [3.8, 4) is 23.0 Å². The van der Waals surface area contributed by atoms with Gasteiger partial charge in [0.1, 0.15) is 23.0 Å². The van der Waals surface area contributed by atoms with Crippen molar-refractivity contribution in [1.29, 1.82) is 0 Å². The van der Waals surface area contributed by atoms with Gasteiger partial charge < -0.3 is 19.7 Å². The highest BCUT2D eigenvalue weighted by Gasteiger charge is 2.49. The highest BCUT2D eigenvalue weighted by atomic mass is 16.5. The Labute approximate surface area is 187 Å². The number of phenolic OH excluding ortho intramolecular Hbond substituents is 2. The van der Waals surface area contributed by atoms with Gasteiger partial charge in [-0.25, -0.2) is 0 Å². The molecule has 0 radical (unpaired) electrons. The van der Waals surface area contributed by atoms with Crippen molar-refractivity contribution >= 4 is 5.97 Å². The van der Waals surface area contributed by atoms with Gasteiger partial charge in [-0.15, -0.1) is 0 Å². The Morgan fingerprint density at radius 1 is 1.06 bits per heavy atom. The number of ether oxygens (including phenoxy) is 2. The second kappa shape index (κ2) is 8.55. The molecule has 6 nitrogen and oxygen atoms in total. The number of hydrogen-bond acceptors (Lipinski definition) is 6. The zero-order chi connectivity index (χ0) is 22.9. The van der Waals surface area contributed by atoms with Crippen molar-refractivity contribution in [2.24, 2.45) is 0 Å². The van der Waals surface area contributed by atoms with Crippen LogP contribution in [0.2, 0.25) is 0 Å². The largest absolute Gasteiger partial charge is 0.508 e. The lowest BCUT2D eigenvalue weighted by molar-refractivity contribution is -0.134. The molecule has 0 amide bonds. The zero-order valence-corrected chi connectivity index (χ0v) is 18.3. The first-order chi connectivity index (χ1) is 15.3. The quantitative estimate of drug-likeness (QED) is 0.383. The molecular formula is C26H27NO5. The predicted octanol–water partition coefficient (Wildman–Crippen LogP) is 4.79. The van der Waals surface area contributed by atoms with E-state index in [2.05, 4.69) is 5.32 Å². The zero-order valence-electron chi connectivity index (χ0n) is 18.3. The van der Waals surface area contributed by atoms with E-state index in [0.29, 0.717) is 17.1 Å². The van der Waals surface area contributed by atoms with Gasteiger partial charge in [-0.1, -0.05) is 37.3 Å². The van der Waals surface area contributed by atoms with Crippen molar-refractivity contribution in [3.05, 3.63) is 83.4 Å². The minimum atomic E-state index is -0.876. The molecule has 1 aliphatic rings. The van der Waals surface area contributed by atoms with Gasteiger partial charge in [0.05, 0.1) is 5.41 Å². The number of benzene rings is 3. The average molecular weight is 434 g/mol. The molecule has 3 N–H and O–H groups in total. The van der Waals surface area contributed by atoms with Crippen molar-refractivity contribution in [3.63, 3.8) is 0 Å². The van der Waals surface area contributed by atoms with Gasteiger partial charge in [0.2, 0.25) is 0 Å². The van der Waals surface area contributed by atoms with Gasteiger partial charge >= 0.3 is 5.97 Å². The third-order valence-corrected chi connectivity index (χ3v) is 6.03. The first-order valence-corrected chi connectivity index (χ1v) is 10.7. The molecule has 0 unspecified atom stereocenters. The van der Waals surface area contributed by atoms with Crippen LogP contribution in [0, 0.1) is 0 Å². The number of phenols is 2. The lowest BCUT2D eigenvalue weighted by Gasteiger charge is -2.34. The summed E-state index contributed by atoms with van der Waals surface area (Å²) in [6, 6.07) is 19.5. The molecule has 0 aromatic heterocycles. The molecule has 0 bridgehead atoms. The maximum atomic E-state index is 12.1. The lowest BCUT2D eigenvalue weighted by Crippen LogP contribution is -2.48. The average Bonchev–Trinajstić information content (AvgIpc) is 3.07. The highest BCUT2D eigenvalue weighted by Crippen LogP contribution is 2.51. The van der Waals surface area contributed by atoms with Crippen LogP contribution in [0.5, 0.6) is 23.0 Å². The minimum Gasteiger partial charge on any atom is -0.508 e. The van der Waals surface area contributed by atoms with Gasteiger partial charge in [0.25, 0.3) is 0 Å². The van der Waals surface area contributed by atoms with E-state index in [0.717, 1.165) is 11.1 Å². The maximum Gasteiger partial charge on any atom is 0.310 e. The molecule has 32 heavy (non-hydrogen) atoms. The molecule has 3 aromatic carbocycles. The maximum absolute atomic E-state index is 12.1. The summed E-state index contributed by atoms with van der Waals surface area (Å²) in [6.45, 7) is 5.72. The summed E-state index contributed by atoms with van der Waals surface area (Å²) in [4.78, 5) is 12.1. The van der Waals surface area contributed by atoms with Gasteiger partial charge in [-0.05, 0) is 55.8 Å². The van der Waals surface area contributed by atoms with Crippen LogP contribution in [0.25, 0.3) is 0 Å². The Hall–Kier alpha value is -3.51. The Kier molecular flexibility index (Phi) is 5.80. The SMILES string of the molecule is CCC(=O)Oc1ccc(O)cc1[C@]1(C)c2cc(O)ccc2O[C@@H]1N[C@@H](C)c1ccccc1. The molecule has 3 aromatic rings. The fourth-order valence-electron chi connectivity index (χ4n) is 4.17. The second-order valence-corrected chi connectivity index (χ2v) is 8.19. The summed E-state index contributed by atoms with van der Waals surface area (Å²) >= 11 is 0. The van der Waals surface area contributed by atoms with E-state index in [9.17, 15) is 15.0 Å². The summed E-state index contributed by atoms with van der Waals surface area (Å²) in [5.74, 6) is 0.719. The monoisotopic (exact) mass is 433 g/mol. The number of carbonyl (C=O) groups excluding carboxylic acids is 1. The molecule has 1 heterocycles. The van der Waals surface area contributed by atoms with Crippen LogP contribution in [0.15, 0.2) is 66.7 Å². The molecule has 0 saturated carbocycles. The van der Waals surface area contributed by atoms with Gasteiger partial charge in [-0.3, -0.25) is 10.1 Å². The third kappa shape index (κ3) is 3.89. The van der Waals surface area contributed by atoms with E-state index in [1.807, 2.05) is 44.2 Å². The molecule has 4 rings (SSSR count). The van der Waals surface area contributed by atoms with E-state index in [1.165, 1.54) is 6.07 Å². The number of hydrogen-bond donors (Lipinski definition) is 3. The fraction of sp³-hybridized carbons (Fsp3) is 0.269. The second-order valence-electron chi connectivity index (χ2n) is 8.19. The summed E-state index contributed by atoms with van der Waals surface area (Å²) in [5, 5.41) is 24.1. The molecule has 0 saturated heterocycles. The van der Waals surface area contributed by atoms with Crippen LogP contribution < -0.4 is 14.8 Å². The van der Waals surface area contributed by atoms with E-state index >= 15 is 0 Å². The van der Waals surface area contributed by atoms with Crippen LogP contribution in [0.4, 0.5) is 0 Å². The molecule has 3 atom stereocenters. The van der Waals surface area contributed by atoms with Gasteiger partial charge in [0, 0.05) is 23.6 Å². The lowest BCUT2D eigenvalue weighted by atomic mass is 9.75. The third-order valence-electron chi connectivity index (χ3n) is 6.03. The minimum absolute atomic E-state index is 0.0426. The Morgan fingerprint density at radius 2 is 1.72 bits per heavy atom. The van der Waals surface area contributed by atoms with Crippen molar-refractivity contribution in [2.45, 2.75) is 44.9 Å². The fourth-order valence-corrected chi connectivity index (χ4v) is 4.17. The summed E-state index contributed by atoms with van der Waals surface area (Å²) < 4.78 is 11.9. The Morgan fingerprint density at radius 3 is 2.41 bits per heavy atom. The van der Waals surface area contributed by atoms with Crippen LogP contribution >= 0.6 is 0 Å². The number of rotatable bonds is 6. The van der Waals surface area contributed by atoms with Crippen molar-refractivity contribution < 1.29 is 24.5 Å². The van der Waals surface area contributed by atoms with E-state index < -0.39 is 11.6 Å². The standard InChI is InChI=1S/C26H27NO5/c1-4-24(30)31-22-12-10-18(28)14-20(22)26(3)21-15-19(29)11-13-23(21)32-25(26)27-16(2)17-8-6-5-7-9-17/h5-16,25,27-29H,4H2,1-3H3/t16-,25-,26+/m0/s1. The number of fused-ring (bicyclic) bond motifs is 1. The van der Waals surface area contributed by atoms with Crippen LogP contribution in [0.1, 0.15) is 49.9 Å². The smallest absolute Gasteiger partial charge is 0.310 e. The topological polar surface area (TPSA) is 88.0 Å². The van der Waals surface area contributed by atoms with E-state index in [4.69, 9.17) is 9.47 Å². The molecule has 6 heteroatoms. The number of esters is 1. The van der Waals surface area contributed by atoms with Crippen molar-refractivity contribution in [2.75, 3.05) is 0 Å². The van der Waals surface area contributed by atoms with Crippen molar-refractivity contribution in [1.82, 2.24) is 5.32 Å². The predicted molar refractivity (Wildman–Crippen MR) is 121 cm³/mol. The molecule has 166 valence electrons. The van der Waals surface area contributed by atoms with E-state index in [1.54, 1.807) is 37.3 Å². The first kappa shape index (κ1) is 21.7. The van der Waals surface area contributed by atoms with E-state index in [-0.39, 0.29) is 29.9 Å². The first-order valence-electron chi connectivity index (χ1n) is 10.7. The van der Waals surface area contributed by atoms with Crippen LogP contribution in [-0.4, -0.2) is 22.4 Å². The van der Waals surface area contributed by atoms with Gasteiger partial charge in [0.15, 0.2) is 6.23 Å². The summed E-state index contributed by atoms with van der Waals surface area (Å²) in [6.07, 6.45) is -0.340. The normalized spacial score (nSPS) is 20.3. The molecule has 0 fully saturated rings. The summed E-state index contributed by atoms with van der Waals surface area (Å²) in [5.41, 5.74) is 1.53. The molecule has 1 aliphatic heterocycles. The number of aromatic hydroxyl groups is 2. The molecule has 0 aliphatic carbocycles. The van der Waals surface area contributed by atoms with Crippen LogP contribution in [0.3, 0.4) is 0 Å². The summed E-state index contributed by atoms with van der Waals surface area (Å²) in [7, 11) is 0. The Bertz CT molecular complexity index is 1130. The highest BCUT2D eigenvalue weighted by molar-refractivity contribution is 5.73. The molecular weight excluding hydrogens is 406 g/mol. The molecule has 0 spiro atoms. The van der Waals surface area contributed by atoms with Crippen LogP contribution in [-0.2, 0) is 10.2 Å². The Balaban J connectivity index is 1.83.